The Labute approximate surface area is 361 Å². The molecule has 2 N–H and O–H groups in total. The van der Waals surface area contributed by atoms with Crippen LogP contribution >= 0.6 is 62.8 Å². The third kappa shape index (κ3) is 38.8. The zero-order chi connectivity index (χ0) is 40.5. The van der Waals surface area contributed by atoms with Gasteiger partial charge in [0, 0.05) is 49.2 Å². The lowest BCUT2D eigenvalue weighted by Gasteiger charge is -2.25. The SMILES string of the molecule is CCCCCCCCCCSSSCC(CC)OC(=O)CCN(CCCN(CCO)CCO)CCC(=O)OC(CC)CSSSCCCCCCCCCC. The van der Waals surface area contributed by atoms with E-state index >= 15 is 0 Å². The molecule has 0 aromatic rings. The van der Waals surface area contributed by atoms with Gasteiger partial charge < -0.3 is 24.6 Å². The quantitative estimate of drug-likeness (QED) is 0.0345. The molecule has 328 valence electrons. The van der Waals surface area contributed by atoms with Crippen LogP contribution in [0.15, 0.2) is 0 Å². The molecule has 0 saturated heterocycles. The van der Waals surface area contributed by atoms with Crippen molar-refractivity contribution in [2.45, 2.75) is 175 Å². The monoisotopic (exact) mass is 890 g/mol. The van der Waals surface area contributed by atoms with Crippen LogP contribution in [0.3, 0.4) is 0 Å². The fourth-order valence-corrected chi connectivity index (χ4v) is 14.0. The highest BCUT2D eigenvalue weighted by molar-refractivity contribution is 9.09. The van der Waals surface area contributed by atoms with Gasteiger partial charge in [0.15, 0.2) is 0 Å². The van der Waals surface area contributed by atoms with Gasteiger partial charge in [0.25, 0.3) is 0 Å². The van der Waals surface area contributed by atoms with E-state index in [1.807, 2.05) is 46.1 Å². The maximum Gasteiger partial charge on any atom is 0.307 e. The van der Waals surface area contributed by atoms with E-state index in [9.17, 15) is 19.8 Å². The van der Waals surface area contributed by atoms with Crippen LogP contribution in [0.25, 0.3) is 0 Å². The largest absolute Gasteiger partial charge is 0.461 e. The molecule has 2 atom stereocenters. The molecule has 0 aliphatic carbocycles. The Kier molecular flexibility index (Phi) is 45.1. The maximum atomic E-state index is 12.9. The molecule has 0 aliphatic heterocycles. The molecule has 0 spiro atoms. The first-order valence-corrected chi connectivity index (χ1v) is 29.5. The maximum absolute atomic E-state index is 12.9. The second-order valence-corrected chi connectivity index (χ2v) is 23.1. The molecule has 0 aliphatic rings. The number of aliphatic hydroxyl groups is 2. The Morgan fingerprint density at radius 1 is 0.473 bits per heavy atom. The number of ether oxygens (including phenoxy) is 2. The van der Waals surface area contributed by atoms with E-state index in [0.29, 0.717) is 32.7 Å². The van der Waals surface area contributed by atoms with E-state index < -0.39 is 0 Å². The Hall–Kier alpha value is 0.880. The number of nitrogens with zero attached hydrogens (tertiary/aromatic N) is 2. The zero-order valence-corrected chi connectivity index (χ0v) is 40.3. The Morgan fingerprint density at radius 2 is 0.836 bits per heavy atom. The van der Waals surface area contributed by atoms with Crippen LogP contribution in [-0.2, 0) is 19.1 Å². The van der Waals surface area contributed by atoms with E-state index in [1.165, 1.54) is 114 Å². The molecule has 0 heterocycles. The fourth-order valence-electron chi connectivity index (χ4n) is 5.86. The average molecular weight is 892 g/mol. The summed E-state index contributed by atoms with van der Waals surface area (Å²) in [6.45, 7) is 12.2. The normalized spacial score (nSPS) is 12.8. The van der Waals surface area contributed by atoms with Gasteiger partial charge in [-0.25, -0.2) is 0 Å². The summed E-state index contributed by atoms with van der Waals surface area (Å²) in [6, 6.07) is 0. The minimum atomic E-state index is -0.195. The van der Waals surface area contributed by atoms with Crippen molar-refractivity contribution in [1.82, 2.24) is 9.80 Å². The minimum Gasteiger partial charge on any atom is -0.461 e. The van der Waals surface area contributed by atoms with Gasteiger partial charge >= 0.3 is 11.9 Å². The number of hydrogen-bond acceptors (Lipinski definition) is 14. The summed E-state index contributed by atoms with van der Waals surface area (Å²) in [6.07, 6.45) is 24.2. The smallest absolute Gasteiger partial charge is 0.307 e. The Balaban J connectivity index is 4.57. The van der Waals surface area contributed by atoms with Crippen molar-refractivity contribution >= 4 is 74.8 Å². The van der Waals surface area contributed by atoms with Crippen LogP contribution in [0, 0.1) is 0 Å². The standard InChI is InChI=1S/C41H82N2O6S6/c1-5-9-11-13-15-17-19-21-34-50-54-52-36-38(7-3)48-40(46)24-28-42(26-23-27-43(30-32-44)31-33-45)29-25-41(47)49-39(8-4)37-53-55-51-35-22-20-18-16-14-12-10-6-2/h38-39,44-45H,5-37H2,1-4H3. The van der Waals surface area contributed by atoms with Gasteiger partial charge in [0.1, 0.15) is 12.2 Å². The van der Waals surface area contributed by atoms with Crippen molar-refractivity contribution in [3.63, 3.8) is 0 Å². The molecule has 0 rings (SSSR count). The topological polar surface area (TPSA) is 99.5 Å². The van der Waals surface area contributed by atoms with E-state index in [-0.39, 0.29) is 50.2 Å². The molecule has 14 heteroatoms. The number of carbonyl (C=O) groups is 2. The van der Waals surface area contributed by atoms with Crippen molar-refractivity contribution in [3.8, 4) is 0 Å². The minimum absolute atomic E-state index is 0.0437. The van der Waals surface area contributed by atoms with Crippen LogP contribution in [0.5, 0.6) is 0 Å². The lowest BCUT2D eigenvalue weighted by atomic mass is 10.1. The number of hydrogen-bond donors (Lipinski definition) is 2. The average Bonchev–Trinajstić information content (AvgIpc) is 3.18. The third-order valence-corrected chi connectivity index (χ3v) is 18.2. The molecular formula is C41H82N2O6S6. The number of rotatable bonds is 44. The molecule has 0 radical (unpaired) electrons. The summed E-state index contributed by atoms with van der Waals surface area (Å²) in [4.78, 5) is 30.1. The lowest BCUT2D eigenvalue weighted by Crippen LogP contribution is -2.35. The van der Waals surface area contributed by atoms with Crippen molar-refractivity contribution in [2.24, 2.45) is 0 Å². The highest BCUT2D eigenvalue weighted by atomic mass is 33.5. The number of aliphatic hydroxyl groups excluding tert-OH is 2. The third-order valence-electron chi connectivity index (χ3n) is 9.42. The second kappa shape index (κ2) is 44.4. The van der Waals surface area contributed by atoms with Crippen LogP contribution in [0.1, 0.15) is 163 Å². The molecule has 0 aromatic carbocycles. The first-order valence-electron chi connectivity index (χ1n) is 21.8. The molecule has 0 fully saturated rings. The van der Waals surface area contributed by atoms with Crippen LogP contribution in [-0.4, -0.2) is 120 Å². The first-order chi connectivity index (χ1) is 26.9. The van der Waals surface area contributed by atoms with E-state index in [1.54, 1.807) is 21.6 Å². The zero-order valence-electron chi connectivity index (χ0n) is 35.4. The highest BCUT2D eigenvalue weighted by Crippen LogP contribution is 2.37. The van der Waals surface area contributed by atoms with Crippen molar-refractivity contribution < 1.29 is 29.3 Å². The molecule has 2 unspecified atom stereocenters. The number of carbonyl (C=O) groups excluding carboxylic acids is 2. The summed E-state index contributed by atoms with van der Waals surface area (Å²) >= 11 is 0. The van der Waals surface area contributed by atoms with Gasteiger partial charge in [0.2, 0.25) is 0 Å². The molecule has 8 nitrogen and oxygen atoms in total. The summed E-state index contributed by atoms with van der Waals surface area (Å²) in [5.74, 6) is 3.51. The van der Waals surface area contributed by atoms with E-state index in [4.69, 9.17) is 9.47 Å². The van der Waals surface area contributed by atoms with Gasteiger partial charge in [0.05, 0.1) is 26.1 Å². The summed E-state index contributed by atoms with van der Waals surface area (Å²) in [7, 11) is 11.0. The van der Waals surface area contributed by atoms with Crippen molar-refractivity contribution in [2.75, 3.05) is 75.5 Å². The molecule has 55 heavy (non-hydrogen) atoms. The second-order valence-electron chi connectivity index (χ2n) is 14.3. The number of unbranched alkanes of at least 4 members (excludes halogenated alkanes) is 14. The molecule has 0 saturated carbocycles. The predicted molar refractivity (Wildman–Crippen MR) is 251 cm³/mol. The molecule has 0 amide bonds. The van der Waals surface area contributed by atoms with Crippen LogP contribution in [0.2, 0.25) is 0 Å². The van der Waals surface area contributed by atoms with Crippen molar-refractivity contribution in [1.29, 1.82) is 0 Å². The van der Waals surface area contributed by atoms with Crippen LogP contribution < -0.4 is 0 Å². The van der Waals surface area contributed by atoms with E-state index in [2.05, 4.69) is 32.6 Å². The highest BCUT2D eigenvalue weighted by Gasteiger charge is 2.18. The first kappa shape index (κ1) is 55.9. The van der Waals surface area contributed by atoms with Gasteiger partial charge in [-0.15, -0.1) is 0 Å². The summed E-state index contributed by atoms with van der Waals surface area (Å²) in [5.41, 5.74) is 0. The fraction of sp³-hybridized carbons (Fsp3) is 0.951. The number of esters is 2. The van der Waals surface area contributed by atoms with Gasteiger partial charge in [-0.1, -0.05) is 161 Å². The summed E-state index contributed by atoms with van der Waals surface area (Å²) in [5, 5.41) is 18.8. The predicted octanol–water partition coefficient (Wildman–Crippen LogP) is 11.7. The van der Waals surface area contributed by atoms with E-state index in [0.717, 1.165) is 37.3 Å². The van der Waals surface area contributed by atoms with Crippen LogP contribution in [0.4, 0.5) is 0 Å². The van der Waals surface area contributed by atoms with Gasteiger partial charge in [-0.2, -0.15) is 0 Å². The van der Waals surface area contributed by atoms with Gasteiger partial charge in [-0.05, 0) is 64.8 Å². The molecule has 0 aromatic heterocycles. The van der Waals surface area contributed by atoms with Crippen molar-refractivity contribution in [3.05, 3.63) is 0 Å². The molecule has 0 bridgehead atoms. The van der Waals surface area contributed by atoms with Gasteiger partial charge in [-0.3, -0.25) is 14.5 Å². The summed E-state index contributed by atoms with van der Waals surface area (Å²) < 4.78 is 11.7. The molecular weight excluding hydrogens is 809 g/mol. The lowest BCUT2D eigenvalue weighted by molar-refractivity contribution is -0.148. The Bertz CT molecular complexity index is 780. The Morgan fingerprint density at radius 3 is 1.20 bits per heavy atom.